The second-order valence-electron chi connectivity index (χ2n) is 4.68. The van der Waals surface area contributed by atoms with Crippen LogP contribution < -0.4 is 0 Å². The molecule has 1 fully saturated rings. The standard InChI is InChI=1S/C7H16NO.3BF4.ClH/c1-8(7-9-2)5-3-4-6-8;3*2-1(3,4)5;/h3-7H2,1-2H3;;;;1H/q+1;3*-1;. The molecule has 1 saturated heterocycles. The van der Waals surface area contributed by atoms with Crippen LogP contribution in [0, 0.1) is 0 Å². The van der Waals surface area contributed by atoms with Crippen LogP contribution in [0.15, 0.2) is 0 Å². The fourth-order valence-corrected chi connectivity index (χ4v) is 1.54. The molecule has 0 aliphatic carbocycles. The molecule has 0 atom stereocenters. The molecule has 0 saturated carbocycles. The van der Waals surface area contributed by atoms with E-state index >= 15 is 0 Å². The van der Waals surface area contributed by atoms with Gasteiger partial charge in [0.15, 0.2) is 6.73 Å². The van der Waals surface area contributed by atoms with Crippen LogP contribution in [0.1, 0.15) is 12.8 Å². The molecule has 1 aliphatic rings. The van der Waals surface area contributed by atoms with Gasteiger partial charge in [0.05, 0.1) is 20.1 Å². The van der Waals surface area contributed by atoms with Gasteiger partial charge >= 0.3 is 21.8 Å². The zero-order valence-electron chi connectivity index (χ0n) is 13.1. The molecule has 0 aromatic heterocycles. The zero-order chi connectivity index (χ0) is 20.2. The first-order valence-corrected chi connectivity index (χ1v) is 6.21. The number of hydrogen-bond acceptors (Lipinski definition) is 1. The Bertz CT molecular complexity index is 260. The fourth-order valence-electron chi connectivity index (χ4n) is 1.54. The van der Waals surface area contributed by atoms with E-state index in [1.54, 1.807) is 7.11 Å². The number of halogens is 13. The Morgan fingerprint density at radius 1 is 0.680 bits per heavy atom. The first-order valence-electron chi connectivity index (χ1n) is 6.21. The van der Waals surface area contributed by atoms with Crippen LogP contribution in [0.2, 0.25) is 0 Å². The minimum atomic E-state index is -6.00. The number of nitrogens with zero attached hydrogens (tertiary/aromatic N) is 1. The molecule has 158 valence electrons. The van der Waals surface area contributed by atoms with Crippen LogP contribution in [0.3, 0.4) is 0 Å². The first-order chi connectivity index (χ1) is 10.3. The van der Waals surface area contributed by atoms with Gasteiger partial charge in [-0.15, -0.1) is 12.4 Å². The topological polar surface area (TPSA) is 9.23 Å². The maximum absolute atomic E-state index is 9.75. The Labute approximate surface area is 143 Å². The van der Waals surface area contributed by atoms with E-state index in [2.05, 4.69) is 7.05 Å². The molecular formula is C7H17B3ClF12NO-2. The van der Waals surface area contributed by atoms with E-state index in [-0.39, 0.29) is 12.4 Å². The average molecular weight is 427 g/mol. The molecule has 1 aliphatic heterocycles. The molecule has 25 heavy (non-hydrogen) atoms. The molecule has 0 aromatic carbocycles. The van der Waals surface area contributed by atoms with Gasteiger partial charge < -0.3 is 61.0 Å². The van der Waals surface area contributed by atoms with Gasteiger partial charge in [-0.2, -0.15) is 0 Å². The summed E-state index contributed by atoms with van der Waals surface area (Å²) in [5, 5.41) is 0. The van der Waals surface area contributed by atoms with E-state index in [9.17, 15) is 51.8 Å². The fraction of sp³-hybridized carbons (Fsp3) is 1.00. The number of rotatable bonds is 2. The van der Waals surface area contributed by atoms with Crippen molar-refractivity contribution in [2.24, 2.45) is 0 Å². The van der Waals surface area contributed by atoms with Gasteiger partial charge in [-0.1, -0.05) is 0 Å². The minimum absolute atomic E-state index is 0. The lowest BCUT2D eigenvalue weighted by molar-refractivity contribution is -0.916. The lowest BCUT2D eigenvalue weighted by atomic mass is 10.3. The third kappa shape index (κ3) is 69.4. The van der Waals surface area contributed by atoms with Crippen LogP contribution in [-0.2, 0) is 4.74 Å². The molecule has 1 heterocycles. The van der Waals surface area contributed by atoms with Crippen molar-refractivity contribution in [3.05, 3.63) is 0 Å². The third-order valence-electron chi connectivity index (χ3n) is 2.09. The van der Waals surface area contributed by atoms with Crippen LogP contribution >= 0.6 is 12.4 Å². The Balaban J connectivity index is -0.000000122. The maximum atomic E-state index is 9.75. The molecule has 0 spiro atoms. The molecule has 0 unspecified atom stereocenters. The quantitative estimate of drug-likeness (QED) is 0.337. The van der Waals surface area contributed by atoms with E-state index in [1.807, 2.05) is 0 Å². The summed E-state index contributed by atoms with van der Waals surface area (Å²) in [6.45, 7) is 3.49. The molecule has 1 rings (SSSR count). The lowest BCUT2D eigenvalue weighted by Gasteiger charge is -2.27. The molecule has 0 amide bonds. The van der Waals surface area contributed by atoms with Crippen LogP contribution in [0.25, 0.3) is 0 Å². The second kappa shape index (κ2) is 13.7. The molecule has 0 radical (unpaired) electrons. The predicted octanol–water partition coefficient (Wildman–Crippen LogP) is 5.15. The highest BCUT2D eigenvalue weighted by molar-refractivity contribution is 6.50. The van der Waals surface area contributed by atoms with E-state index in [0.29, 0.717) is 0 Å². The SMILES string of the molecule is COC[N+]1(C)CCCC1.Cl.F[B-](F)(F)F.F[B-](F)(F)F.F[B-](F)(F)F. The van der Waals surface area contributed by atoms with Gasteiger partial charge in [-0.25, -0.2) is 0 Å². The molecular weight excluding hydrogens is 410 g/mol. The number of quaternary nitrogens is 1. The molecule has 18 heteroatoms. The van der Waals surface area contributed by atoms with Crippen molar-refractivity contribution in [3.8, 4) is 0 Å². The van der Waals surface area contributed by atoms with Gasteiger partial charge in [0.1, 0.15) is 0 Å². The van der Waals surface area contributed by atoms with Gasteiger partial charge in [0, 0.05) is 20.0 Å². The predicted molar refractivity (Wildman–Crippen MR) is 74.8 cm³/mol. The summed E-state index contributed by atoms with van der Waals surface area (Å²) in [5.74, 6) is 0. The Kier molecular flexibility index (Phi) is 17.7. The summed E-state index contributed by atoms with van der Waals surface area (Å²) in [6.07, 6.45) is 2.75. The summed E-state index contributed by atoms with van der Waals surface area (Å²) in [6, 6.07) is 0. The summed E-state index contributed by atoms with van der Waals surface area (Å²) in [7, 11) is -14.0. The monoisotopic (exact) mass is 427 g/mol. The highest BCUT2D eigenvalue weighted by Gasteiger charge is 2.25. The van der Waals surface area contributed by atoms with Gasteiger partial charge in [-0.3, -0.25) is 0 Å². The maximum Gasteiger partial charge on any atom is 0.673 e. The van der Waals surface area contributed by atoms with Crippen molar-refractivity contribution in [2.45, 2.75) is 12.8 Å². The van der Waals surface area contributed by atoms with Gasteiger partial charge in [0.25, 0.3) is 0 Å². The van der Waals surface area contributed by atoms with E-state index in [0.717, 1.165) is 11.2 Å². The van der Waals surface area contributed by atoms with Crippen molar-refractivity contribution in [1.29, 1.82) is 0 Å². The molecule has 0 N–H and O–H groups in total. The lowest BCUT2D eigenvalue weighted by Crippen LogP contribution is -2.42. The van der Waals surface area contributed by atoms with Crippen molar-refractivity contribution in [3.63, 3.8) is 0 Å². The normalized spacial score (nSPS) is 16.1. The van der Waals surface area contributed by atoms with Gasteiger partial charge in [0.2, 0.25) is 0 Å². The number of methoxy groups -OCH3 is 1. The minimum Gasteiger partial charge on any atom is -0.418 e. The van der Waals surface area contributed by atoms with Crippen LogP contribution in [0.5, 0.6) is 0 Å². The first kappa shape index (κ1) is 32.3. The summed E-state index contributed by atoms with van der Waals surface area (Å²) in [4.78, 5) is 0. The molecule has 0 aromatic rings. The van der Waals surface area contributed by atoms with E-state index in [4.69, 9.17) is 4.74 Å². The summed E-state index contributed by atoms with van der Waals surface area (Å²) in [5.41, 5.74) is 0. The Morgan fingerprint density at radius 3 is 1.04 bits per heavy atom. The van der Waals surface area contributed by atoms with E-state index in [1.165, 1.54) is 25.9 Å². The molecule has 0 bridgehead atoms. The number of likely N-dealkylation sites (tertiary alicyclic amines) is 1. The number of ether oxygens (including phenoxy) is 1. The van der Waals surface area contributed by atoms with E-state index < -0.39 is 21.8 Å². The van der Waals surface area contributed by atoms with Crippen molar-refractivity contribution >= 4 is 34.2 Å². The van der Waals surface area contributed by atoms with Gasteiger partial charge in [-0.05, 0) is 0 Å². The summed E-state index contributed by atoms with van der Waals surface area (Å²) < 4.78 is 123. The highest BCUT2D eigenvalue weighted by Crippen LogP contribution is 2.15. The van der Waals surface area contributed by atoms with Crippen LogP contribution in [-0.4, -0.2) is 60.2 Å². The highest BCUT2D eigenvalue weighted by atomic mass is 35.5. The second-order valence-corrected chi connectivity index (χ2v) is 4.68. The number of hydrogen-bond donors (Lipinski definition) is 0. The van der Waals surface area contributed by atoms with Crippen molar-refractivity contribution in [1.82, 2.24) is 0 Å². The Hall–Kier alpha value is -0.435. The summed E-state index contributed by atoms with van der Waals surface area (Å²) >= 11 is 0. The molecule has 2 nitrogen and oxygen atoms in total. The van der Waals surface area contributed by atoms with Crippen LogP contribution in [0.4, 0.5) is 51.8 Å². The Morgan fingerprint density at radius 2 is 0.880 bits per heavy atom. The average Bonchev–Trinajstić information content (AvgIpc) is 2.57. The smallest absolute Gasteiger partial charge is 0.418 e. The third-order valence-corrected chi connectivity index (χ3v) is 2.09. The largest absolute Gasteiger partial charge is 0.673 e. The van der Waals surface area contributed by atoms with Crippen molar-refractivity contribution in [2.75, 3.05) is 34.0 Å². The van der Waals surface area contributed by atoms with Crippen molar-refractivity contribution < 1.29 is 61.0 Å². The zero-order valence-corrected chi connectivity index (χ0v) is 13.9.